The molecular formula is C44H28N6. The van der Waals surface area contributed by atoms with Gasteiger partial charge >= 0.3 is 0 Å². The van der Waals surface area contributed by atoms with E-state index in [4.69, 9.17) is 18.7 Å². The minimum Gasteiger partial charge on any atom is -0.309 e. The molecule has 6 heteroatoms. The lowest BCUT2D eigenvalue weighted by atomic mass is 10.1. The maximum atomic E-state index is 8.64. The second-order valence-electron chi connectivity index (χ2n) is 11.6. The molecule has 0 N–H and O–H groups in total. The van der Waals surface area contributed by atoms with Gasteiger partial charge in [-0.05, 0) is 48.5 Å². The molecule has 0 saturated carbocycles. The maximum Gasteiger partial charge on any atom is 0.182 e. The van der Waals surface area contributed by atoms with Crippen LogP contribution in [-0.4, -0.2) is 29.1 Å². The average Bonchev–Trinajstić information content (AvgIpc) is 3.77. The highest BCUT2D eigenvalue weighted by molar-refractivity contribution is 6.19. The number of benzene rings is 6. The molecule has 10 rings (SSSR count). The smallest absolute Gasteiger partial charge is 0.182 e. The fourth-order valence-corrected chi connectivity index (χ4v) is 6.65. The summed E-state index contributed by atoms with van der Waals surface area (Å²) >= 11 is 0. The van der Waals surface area contributed by atoms with E-state index in [1.807, 2.05) is 54.6 Å². The van der Waals surface area contributed by atoms with Crippen molar-refractivity contribution >= 4 is 43.6 Å². The van der Waals surface area contributed by atoms with E-state index in [-0.39, 0.29) is 34.3 Å². The molecule has 0 spiro atoms. The van der Waals surface area contributed by atoms with E-state index >= 15 is 0 Å². The molecule has 4 aromatic heterocycles. The van der Waals surface area contributed by atoms with Crippen molar-refractivity contribution in [2.75, 3.05) is 0 Å². The molecule has 0 bridgehead atoms. The summed E-state index contributed by atoms with van der Waals surface area (Å²) in [5.74, 6) is -0.828. The monoisotopic (exact) mass is 650 g/mol. The summed E-state index contributed by atoms with van der Waals surface area (Å²) in [7, 11) is 0. The Morgan fingerprint density at radius 2 is 0.940 bits per heavy atom. The van der Waals surface area contributed by atoms with Crippen molar-refractivity contribution in [1.82, 2.24) is 29.1 Å². The van der Waals surface area contributed by atoms with Crippen LogP contribution < -0.4 is 0 Å². The number of pyridine rings is 1. The number of hydrogen-bond acceptors (Lipinski definition) is 4. The quantitative estimate of drug-likeness (QED) is 0.186. The Hall–Kier alpha value is -6.92. The van der Waals surface area contributed by atoms with Gasteiger partial charge in [0, 0.05) is 38.4 Å². The lowest BCUT2D eigenvalue weighted by molar-refractivity contribution is 1.05. The number of hydrogen-bond donors (Lipinski definition) is 0. The molecule has 0 amide bonds. The molecule has 10 aromatic rings. The highest BCUT2D eigenvalue weighted by Gasteiger charge is 2.19. The van der Waals surface area contributed by atoms with Gasteiger partial charge in [-0.2, -0.15) is 0 Å². The van der Waals surface area contributed by atoms with Crippen LogP contribution in [0.1, 0.15) is 13.7 Å². The molecule has 0 saturated heterocycles. The predicted octanol–water partition coefficient (Wildman–Crippen LogP) is 10.5. The Kier molecular flexibility index (Phi) is 4.50. The lowest BCUT2D eigenvalue weighted by Gasteiger charge is -2.11. The largest absolute Gasteiger partial charge is 0.309 e. The Labute approximate surface area is 301 Å². The summed E-state index contributed by atoms with van der Waals surface area (Å²) in [6.07, 6.45) is 1.65. The van der Waals surface area contributed by atoms with Gasteiger partial charge < -0.3 is 9.13 Å². The summed E-state index contributed by atoms with van der Waals surface area (Å²) in [6.45, 7) is 0. The molecular weight excluding hydrogens is 613 g/mol. The fourth-order valence-electron chi connectivity index (χ4n) is 6.65. The zero-order valence-corrected chi connectivity index (χ0v) is 26.1. The molecule has 6 nitrogen and oxygen atoms in total. The SMILES string of the molecule is [2H]c1c([2H])c([2H])c(-c2nc(-c3ccc(-n4c5ccccc5c5cc6c7ccccc7n(-c7ccccc7)c6cc54)cn3)nc(-c3c([2H])c([2H])c([2H])c([2H])c3[2H])n2)c([2H])c1[2H]. The van der Waals surface area contributed by atoms with Crippen molar-refractivity contribution in [3.63, 3.8) is 0 Å². The first kappa shape index (κ1) is 19.8. The van der Waals surface area contributed by atoms with Crippen molar-refractivity contribution in [3.05, 3.63) is 170 Å². The zero-order chi connectivity index (χ0) is 41.7. The lowest BCUT2D eigenvalue weighted by Crippen LogP contribution is -2.02. The van der Waals surface area contributed by atoms with E-state index < -0.39 is 60.4 Å². The third kappa shape index (κ3) is 4.50. The molecule has 6 aromatic carbocycles. The predicted molar refractivity (Wildman–Crippen MR) is 203 cm³/mol. The van der Waals surface area contributed by atoms with Gasteiger partial charge in [0.15, 0.2) is 17.5 Å². The topological polar surface area (TPSA) is 61.4 Å². The van der Waals surface area contributed by atoms with E-state index in [1.54, 1.807) is 12.3 Å². The number of nitrogens with zero attached hydrogens (tertiary/aromatic N) is 6. The maximum absolute atomic E-state index is 8.64. The summed E-state index contributed by atoms with van der Waals surface area (Å²) < 4.78 is 88.2. The van der Waals surface area contributed by atoms with E-state index in [0.717, 1.165) is 49.3 Å². The third-order valence-corrected chi connectivity index (χ3v) is 8.80. The Bertz CT molecular complexity index is 3290. The molecule has 0 aliphatic carbocycles. The van der Waals surface area contributed by atoms with Gasteiger partial charge in [-0.3, -0.25) is 4.98 Å². The summed E-state index contributed by atoms with van der Waals surface area (Å²) in [5, 5.41) is 4.32. The van der Waals surface area contributed by atoms with Gasteiger partial charge in [-0.15, -0.1) is 0 Å². The van der Waals surface area contributed by atoms with Gasteiger partial charge in [0.1, 0.15) is 5.69 Å². The van der Waals surface area contributed by atoms with Crippen LogP contribution in [0.15, 0.2) is 170 Å². The van der Waals surface area contributed by atoms with E-state index in [9.17, 15) is 0 Å². The average molecular weight is 651 g/mol. The molecule has 0 aliphatic rings. The van der Waals surface area contributed by atoms with Crippen molar-refractivity contribution < 1.29 is 13.7 Å². The molecule has 0 atom stereocenters. The first-order valence-corrected chi connectivity index (χ1v) is 15.8. The van der Waals surface area contributed by atoms with Crippen LogP contribution in [0.5, 0.6) is 0 Å². The summed E-state index contributed by atoms with van der Waals surface area (Å²) in [6, 6.07) is 28.6. The first-order valence-electron chi connectivity index (χ1n) is 20.8. The summed E-state index contributed by atoms with van der Waals surface area (Å²) in [5.41, 5.74) is 5.21. The number of fused-ring (bicyclic) bond motifs is 6. The molecule has 0 unspecified atom stereocenters. The Balaban J connectivity index is 1.19. The van der Waals surface area contributed by atoms with Crippen molar-refractivity contribution in [3.8, 4) is 45.7 Å². The zero-order valence-electron chi connectivity index (χ0n) is 36.1. The van der Waals surface area contributed by atoms with Crippen molar-refractivity contribution in [1.29, 1.82) is 0 Å². The van der Waals surface area contributed by atoms with E-state index in [1.165, 1.54) is 0 Å². The minimum atomic E-state index is -0.618. The first-order chi connectivity index (χ1) is 28.9. The number of para-hydroxylation sites is 3. The van der Waals surface area contributed by atoms with E-state index in [2.05, 4.69) is 66.6 Å². The van der Waals surface area contributed by atoms with Crippen LogP contribution in [0, 0.1) is 0 Å². The van der Waals surface area contributed by atoms with Crippen LogP contribution in [0.2, 0.25) is 0 Å². The van der Waals surface area contributed by atoms with Crippen molar-refractivity contribution in [2.24, 2.45) is 0 Å². The summed E-state index contributed by atoms with van der Waals surface area (Å²) in [4.78, 5) is 18.2. The van der Waals surface area contributed by atoms with Gasteiger partial charge in [0.25, 0.3) is 0 Å². The van der Waals surface area contributed by atoms with Crippen molar-refractivity contribution in [2.45, 2.75) is 0 Å². The minimum absolute atomic E-state index is 0.114. The molecule has 0 radical (unpaired) electrons. The molecule has 234 valence electrons. The van der Waals surface area contributed by atoms with Crippen LogP contribution in [0.3, 0.4) is 0 Å². The van der Waals surface area contributed by atoms with Crippen LogP contribution in [0.25, 0.3) is 89.3 Å². The van der Waals surface area contributed by atoms with E-state index in [0.29, 0.717) is 5.69 Å². The molecule has 50 heavy (non-hydrogen) atoms. The standard InChI is InChI=1S/C44H28N6/c1-4-14-29(15-5-1)42-46-43(30-16-6-2-7-17-30)48-44(47-42)37-25-24-32(28-45-37)50-39-23-13-11-21-34(39)36-26-35-33-20-10-12-22-38(33)49(40(35)27-41(36)50)31-18-8-3-9-19-31/h1-28H/i1D,2D,4D,5D,6D,7D,14D,15D,16D,17D. The molecule has 0 aliphatic heterocycles. The normalized spacial score (nSPS) is 14.4. The Morgan fingerprint density at radius 3 is 1.50 bits per heavy atom. The van der Waals surface area contributed by atoms with Crippen LogP contribution in [-0.2, 0) is 0 Å². The van der Waals surface area contributed by atoms with Crippen LogP contribution in [0.4, 0.5) is 0 Å². The van der Waals surface area contributed by atoms with Gasteiger partial charge in [0.2, 0.25) is 0 Å². The fraction of sp³-hybridized carbons (Fsp3) is 0. The molecule has 4 heterocycles. The third-order valence-electron chi connectivity index (χ3n) is 8.80. The van der Waals surface area contributed by atoms with Gasteiger partial charge in [0.05, 0.1) is 47.7 Å². The second kappa shape index (κ2) is 11.4. The number of rotatable bonds is 5. The second-order valence-corrected chi connectivity index (χ2v) is 11.6. The molecule has 0 fully saturated rings. The highest BCUT2D eigenvalue weighted by Crippen LogP contribution is 2.39. The Morgan fingerprint density at radius 1 is 0.420 bits per heavy atom. The highest BCUT2D eigenvalue weighted by atomic mass is 15.1. The number of aromatic nitrogens is 6. The van der Waals surface area contributed by atoms with Gasteiger partial charge in [-0.1, -0.05) is 115 Å². The van der Waals surface area contributed by atoms with Gasteiger partial charge in [-0.25, -0.2) is 15.0 Å². The van der Waals surface area contributed by atoms with Crippen LogP contribution >= 0.6 is 0 Å².